The van der Waals surface area contributed by atoms with Crippen molar-refractivity contribution in [2.45, 2.75) is 19.4 Å². The van der Waals surface area contributed by atoms with E-state index in [9.17, 15) is 0 Å². The Balaban J connectivity index is 1.95. The molecule has 4 nitrogen and oxygen atoms in total. The Morgan fingerprint density at radius 3 is 3.20 bits per heavy atom. The zero-order chi connectivity index (χ0) is 10.7. The minimum absolute atomic E-state index is 0.377. The molecule has 1 aromatic rings. The van der Waals surface area contributed by atoms with Crippen LogP contribution in [0.2, 0.25) is 0 Å². The highest BCUT2D eigenvalue weighted by atomic mass is 16.5. The lowest BCUT2D eigenvalue weighted by molar-refractivity contribution is 0.183. The van der Waals surface area contributed by atoms with Crippen molar-refractivity contribution >= 4 is 11.5 Å². The second-order valence-electron chi connectivity index (χ2n) is 4.03. The van der Waals surface area contributed by atoms with Crippen LogP contribution in [0.5, 0.6) is 0 Å². The van der Waals surface area contributed by atoms with Crippen LogP contribution in [0.3, 0.4) is 0 Å². The van der Waals surface area contributed by atoms with E-state index in [4.69, 9.17) is 10.5 Å². The van der Waals surface area contributed by atoms with E-state index in [1.165, 1.54) is 0 Å². The minimum atomic E-state index is 0.377. The molecule has 15 heavy (non-hydrogen) atoms. The summed E-state index contributed by atoms with van der Waals surface area (Å²) in [5.74, 6) is 1.42. The Hall–Kier alpha value is -1.29. The van der Waals surface area contributed by atoms with Gasteiger partial charge in [0.2, 0.25) is 0 Å². The average molecular weight is 207 g/mol. The molecule has 0 aromatic carbocycles. The summed E-state index contributed by atoms with van der Waals surface area (Å²) >= 11 is 0. The van der Waals surface area contributed by atoms with Gasteiger partial charge in [-0.25, -0.2) is 4.98 Å². The fraction of sp³-hybridized carbons (Fsp3) is 0.545. The van der Waals surface area contributed by atoms with Gasteiger partial charge in [-0.05, 0) is 19.4 Å². The Labute approximate surface area is 89.8 Å². The maximum Gasteiger partial charge on any atom is 0.128 e. The largest absolute Gasteiger partial charge is 0.399 e. The molecule has 0 spiro atoms. The Bertz CT molecular complexity index is 323. The van der Waals surface area contributed by atoms with Gasteiger partial charge in [0.05, 0.1) is 6.61 Å². The van der Waals surface area contributed by atoms with Crippen molar-refractivity contribution in [3.8, 4) is 0 Å². The standard InChI is InChI=1S/C11H17N3O/c1-8(9-3-5-15-7-9)14-11-6-10(12)2-4-13-11/h2,4,6,8-9H,3,5,7H2,1H3,(H3,12,13,14). The average Bonchev–Trinajstić information content (AvgIpc) is 2.70. The van der Waals surface area contributed by atoms with E-state index in [0.29, 0.717) is 12.0 Å². The van der Waals surface area contributed by atoms with Gasteiger partial charge in [-0.1, -0.05) is 0 Å². The molecule has 0 bridgehead atoms. The first-order valence-corrected chi connectivity index (χ1v) is 5.31. The quantitative estimate of drug-likeness (QED) is 0.788. The van der Waals surface area contributed by atoms with E-state index in [2.05, 4.69) is 17.2 Å². The van der Waals surface area contributed by atoms with Gasteiger partial charge in [0, 0.05) is 36.5 Å². The van der Waals surface area contributed by atoms with Crippen molar-refractivity contribution in [3.63, 3.8) is 0 Å². The second kappa shape index (κ2) is 4.49. The first-order chi connectivity index (χ1) is 7.25. The molecule has 2 atom stereocenters. The normalized spacial score (nSPS) is 22.6. The lowest BCUT2D eigenvalue weighted by atomic mass is 10.0. The predicted octanol–water partition coefficient (Wildman–Crippen LogP) is 1.50. The third kappa shape index (κ3) is 2.59. The molecule has 2 rings (SSSR count). The van der Waals surface area contributed by atoms with Crippen molar-refractivity contribution in [1.29, 1.82) is 0 Å². The van der Waals surface area contributed by atoms with Crippen LogP contribution in [0, 0.1) is 5.92 Å². The molecule has 2 heterocycles. The molecule has 1 aliphatic heterocycles. The Morgan fingerprint density at radius 2 is 2.53 bits per heavy atom. The van der Waals surface area contributed by atoms with Crippen LogP contribution in [-0.4, -0.2) is 24.2 Å². The third-order valence-corrected chi connectivity index (χ3v) is 2.83. The van der Waals surface area contributed by atoms with Crippen molar-refractivity contribution in [2.75, 3.05) is 24.3 Å². The van der Waals surface area contributed by atoms with E-state index < -0.39 is 0 Å². The van der Waals surface area contributed by atoms with Gasteiger partial charge in [0.25, 0.3) is 0 Å². The number of ether oxygens (including phenoxy) is 1. The lowest BCUT2D eigenvalue weighted by Gasteiger charge is -2.19. The SMILES string of the molecule is CC(Nc1cc(N)ccn1)C1CCOC1. The number of nitrogens with two attached hydrogens (primary N) is 1. The number of hydrogen-bond donors (Lipinski definition) is 2. The number of pyridine rings is 1. The summed E-state index contributed by atoms with van der Waals surface area (Å²) < 4.78 is 5.35. The van der Waals surface area contributed by atoms with Crippen LogP contribution in [0.1, 0.15) is 13.3 Å². The topological polar surface area (TPSA) is 60.2 Å². The smallest absolute Gasteiger partial charge is 0.128 e. The maximum atomic E-state index is 5.68. The number of nitrogen functional groups attached to an aromatic ring is 1. The first kappa shape index (κ1) is 10.2. The fourth-order valence-electron chi connectivity index (χ4n) is 1.82. The second-order valence-corrected chi connectivity index (χ2v) is 4.03. The summed E-state index contributed by atoms with van der Waals surface area (Å²) in [4.78, 5) is 4.22. The molecule has 3 N–H and O–H groups in total. The zero-order valence-corrected chi connectivity index (χ0v) is 8.94. The Morgan fingerprint density at radius 1 is 1.67 bits per heavy atom. The molecule has 0 saturated carbocycles. The van der Waals surface area contributed by atoms with Gasteiger partial charge in [-0.3, -0.25) is 0 Å². The van der Waals surface area contributed by atoms with Gasteiger partial charge in [-0.2, -0.15) is 0 Å². The van der Waals surface area contributed by atoms with E-state index in [1.54, 1.807) is 12.3 Å². The number of nitrogens with one attached hydrogen (secondary N) is 1. The molecule has 0 amide bonds. The van der Waals surface area contributed by atoms with Gasteiger partial charge in [-0.15, -0.1) is 0 Å². The monoisotopic (exact) mass is 207 g/mol. The molecular weight excluding hydrogens is 190 g/mol. The number of anilines is 2. The summed E-state index contributed by atoms with van der Waals surface area (Å²) in [5, 5.41) is 3.35. The van der Waals surface area contributed by atoms with E-state index in [1.807, 2.05) is 6.07 Å². The van der Waals surface area contributed by atoms with Crippen molar-refractivity contribution < 1.29 is 4.74 Å². The molecule has 2 unspecified atom stereocenters. The summed E-state index contributed by atoms with van der Waals surface area (Å²) in [7, 11) is 0. The van der Waals surface area contributed by atoms with Crippen LogP contribution in [0.4, 0.5) is 11.5 Å². The molecule has 1 fully saturated rings. The fourth-order valence-corrected chi connectivity index (χ4v) is 1.82. The van der Waals surface area contributed by atoms with Crippen LogP contribution >= 0.6 is 0 Å². The highest BCUT2D eigenvalue weighted by Crippen LogP contribution is 2.19. The molecule has 1 saturated heterocycles. The molecule has 4 heteroatoms. The van der Waals surface area contributed by atoms with Gasteiger partial charge in [0.1, 0.15) is 5.82 Å². The van der Waals surface area contributed by atoms with E-state index >= 15 is 0 Å². The maximum absolute atomic E-state index is 5.68. The van der Waals surface area contributed by atoms with Crippen LogP contribution in [-0.2, 0) is 4.74 Å². The van der Waals surface area contributed by atoms with Crippen molar-refractivity contribution in [1.82, 2.24) is 4.98 Å². The number of aromatic nitrogens is 1. The molecule has 1 aromatic heterocycles. The summed E-state index contributed by atoms with van der Waals surface area (Å²) in [5.41, 5.74) is 6.42. The molecule has 1 aliphatic rings. The van der Waals surface area contributed by atoms with Crippen LogP contribution in [0.25, 0.3) is 0 Å². The van der Waals surface area contributed by atoms with Crippen molar-refractivity contribution in [3.05, 3.63) is 18.3 Å². The van der Waals surface area contributed by atoms with Crippen LogP contribution < -0.4 is 11.1 Å². The van der Waals surface area contributed by atoms with Gasteiger partial charge < -0.3 is 15.8 Å². The summed E-state index contributed by atoms with van der Waals surface area (Å²) in [6, 6.07) is 4.02. The highest BCUT2D eigenvalue weighted by molar-refractivity contribution is 5.48. The first-order valence-electron chi connectivity index (χ1n) is 5.31. The lowest BCUT2D eigenvalue weighted by Crippen LogP contribution is -2.26. The molecule has 0 aliphatic carbocycles. The predicted molar refractivity (Wildman–Crippen MR) is 60.7 cm³/mol. The third-order valence-electron chi connectivity index (χ3n) is 2.83. The number of nitrogens with zero attached hydrogens (tertiary/aromatic N) is 1. The summed E-state index contributed by atoms with van der Waals surface area (Å²) in [6.07, 6.45) is 2.84. The van der Waals surface area contributed by atoms with E-state index in [0.717, 1.165) is 31.1 Å². The minimum Gasteiger partial charge on any atom is -0.399 e. The van der Waals surface area contributed by atoms with Gasteiger partial charge in [0.15, 0.2) is 0 Å². The van der Waals surface area contributed by atoms with Crippen molar-refractivity contribution in [2.24, 2.45) is 5.92 Å². The number of hydrogen-bond acceptors (Lipinski definition) is 4. The Kier molecular flexibility index (Phi) is 3.06. The highest BCUT2D eigenvalue weighted by Gasteiger charge is 2.22. The van der Waals surface area contributed by atoms with Crippen LogP contribution in [0.15, 0.2) is 18.3 Å². The molecule has 0 radical (unpaired) electrons. The molecule has 82 valence electrons. The summed E-state index contributed by atoms with van der Waals surface area (Å²) in [6.45, 7) is 3.88. The number of rotatable bonds is 3. The zero-order valence-electron chi connectivity index (χ0n) is 8.94. The van der Waals surface area contributed by atoms with E-state index in [-0.39, 0.29) is 0 Å². The molecular formula is C11H17N3O. The van der Waals surface area contributed by atoms with Gasteiger partial charge >= 0.3 is 0 Å².